The van der Waals surface area contributed by atoms with Crippen LogP contribution in [-0.2, 0) is 11.2 Å². The minimum absolute atomic E-state index is 0.0223. The zero-order valence-electron chi connectivity index (χ0n) is 20.0. The summed E-state index contributed by atoms with van der Waals surface area (Å²) in [4.78, 5) is 35.7. The zero-order chi connectivity index (χ0) is 26.2. The Hall–Kier alpha value is -5.12. The molecular weight excluding hydrogens is 473 g/mol. The van der Waals surface area contributed by atoms with Gasteiger partial charge in [0.1, 0.15) is 5.69 Å². The highest BCUT2D eigenvalue weighted by Gasteiger charge is 2.10. The summed E-state index contributed by atoms with van der Waals surface area (Å²) in [5.41, 5.74) is 4.14. The van der Waals surface area contributed by atoms with E-state index in [1.165, 1.54) is 0 Å². The quantitative estimate of drug-likeness (QED) is 0.250. The molecule has 2 heterocycles. The Labute approximate surface area is 212 Å². The summed E-state index contributed by atoms with van der Waals surface area (Å²) in [7, 11) is 1.57. The molecule has 0 fully saturated rings. The van der Waals surface area contributed by atoms with Crippen LogP contribution in [0.2, 0.25) is 0 Å². The highest BCUT2D eigenvalue weighted by atomic mass is 19.1. The fourth-order valence-electron chi connectivity index (χ4n) is 3.43. The molecule has 0 spiro atoms. The molecule has 2 amide bonds. The van der Waals surface area contributed by atoms with Gasteiger partial charge in [-0.2, -0.15) is 4.98 Å². The fraction of sp³-hybridized carbons (Fsp3) is 0.0741. The van der Waals surface area contributed by atoms with Crippen LogP contribution in [0.25, 0.3) is 0 Å². The molecule has 186 valence electrons. The van der Waals surface area contributed by atoms with Gasteiger partial charge < -0.3 is 21.3 Å². The zero-order valence-corrected chi connectivity index (χ0v) is 20.0. The van der Waals surface area contributed by atoms with Crippen LogP contribution in [-0.4, -0.2) is 33.8 Å². The molecule has 10 heteroatoms. The summed E-state index contributed by atoms with van der Waals surface area (Å²) in [6, 6.07) is 18.0. The summed E-state index contributed by atoms with van der Waals surface area (Å²) in [6.07, 6.45) is 4.47. The lowest BCUT2D eigenvalue weighted by molar-refractivity contribution is -0.111. The number of hydrogen-bond acceptors (Lipinski definition) is 7. The first-order valence-electron chi connectivity index (χ1n) is 11.3. The van der Waals surface area contributed by atoms with Crippen LogP contribution in [0.4, 0.5) is 33.2 Å². The van der Waals surface area contributed by atoms with Crippen molar-refractivity contribution < 1.29 is 14.0 Å². The van der Waals surface area contributed by atoms with E-state index in [4.69, 9.17) is 0 Å². The summed E-state index contributed by atoms with van der Waals surface area (Å²) in [5.74, 6) is -1.03. The Kier molecular flexibility index (Phi) is 7.79. The Bertz CT molecular complexity index is 1440. The molecule has 2 aromatic carbocycles. The molecule has 0 aliphatic carbocycles. The Balaban J connectivity index is 1.43. The number of pyridine rings is 1. The molecule has 37 heavy (non-hydrogen) atoms. The molecule has 0 saturated carbocycles. The van der Waals surface area contributed by atoms with Crippen molar-refractivity contribution in [3.05, 3.63) is 108 Å². The van der Waals surface area contributed by atoms with Crippen molar-refractivity contribution in [3.8, 4) is 0 Å². The normalized spacial score (nSPS) is 10.3. The molecular formula is C27H24FN7O2. The molecule has 0 radical (unpaired) electrons. The van der Waals surface area contributed by atoms with Gasteiger partial charge in [0.15, 0.2) is 11.6 Å². The van der Waals surface area contributed by atoms with Crippen molar-refractivity contribution in [2.24, 2.45) is 0 Å². The molecule has 0 aliphatic heterocycles. The van der Waals surface area contributed by atoms with Gasteiger partial charge >= 0.3 is 0 Å². The largest absolute Gasteiger partial charge is 0.354 e. The standard InChI is InChI=1S/C27H24FN7O2/c1-3-24(36)32-20-5-4-6-21(15-20)33-25-22(28)16-31-27(35-25)34-19-9-7-17(8-10-19)13-18-11-12-30-23(14-18)26(37)29-2/h3-12,14-16H,1,13H2,2H3,(H,29,37)(H,32,36)(H2,31,33,34,35). The van der Waals surface area contributed by atoms with E-state index in [9.17, 15) is 14.0 Å². The van der Waals surface area contributed by atoms with Crippen LogP contribution < -0.4 is 21.3 Å². The smallest absolute Gasteiger partial charge is 0.269 e. The highest BCUT2D eigenvalue weighted by molar-refractivity contribution is 5.99. The maximum atomic E-state index is 14.4. The van der Waals surface area contributed by atoms with Crippen molar-refractivity contribution in [3.63, 3.8) is 0 Å². The first-order chi connectivity index (χ1) is 17.9. The van der Waals surface area contributed by atoms with Crippen LogP contribution in [0.5, 0.6) is 0 Å². The highest BCUT2D eigenvalue weighted by Crippen LogP contribution is 2.23. The summed E-state index contributed by atoms with van der Waals surface area (Å²) >= 11 is 0. The minimum atomic E-state index is -0.630. The van der Waals surface area contributed by atoms with E-state index >= 15 is 0 Å². The fourth-order valence-corrected chi connectivity index (χ4v) is 3.43. The van der Waals surface area contributed by atoms with Crippen molar-refractivity contribution >= 4 is 40.6 Å². The first-order valence-corrected chi connectivity index (χ1v) is 11.3. The number of anilines is 5. The lowest BCUT2D eigenvalue weighted by atomic mass is 10.0. The van der Waals surface area contributed by atoms with Gasteiger partial charge in [0.2, 0.25) is 11.9 Å². The summed E-state index contributed by atoms with van der Waals surface area (Å²) in [5, 5.41) is 11.2. The second kappa shape index (κ2) is 11.5. The lowest BCUT2D eigenvalue weighted by Crippen LogP contribution is -2.19. The second-order valence-corrected chi connectivity index (χ2v) is 7.92. The maximum Gasteiger partial charge on any atom is 0.269 e. The molecule has 0 saturated heterocycles. The third kappa shape index (κ3) is 6.73. The third-order valence-electron chi connectivity index (χ3n) is 5.22. The SMILES string of the molecule is C=CC(=O)Nc1cccc(Nc2nc(Nc3ccc(Cc4ccnc(C(=O)NC)c4)cc3)ncc2F)c1. The van der Waals surface area contributed by atoms with Gasteiger partial charge in [0, 0.05) is 30.3 Å². The third-order valence-corrected chi connectivity index (χ3v) is 5.22. The van der Waals surface area contributed by atoms with Gasteiger partial charge in [-0.1, -0.05) is 24.8 Å². The Morgan fingerprint density at radius 1 is 0.946 bits per heavy atom. The first kappa shape index (κ1) is 25.0. The second-order valence-electron chi connectivity index (χ2n) is 7.92. The average molecular weight is 498 g/mol. The number of amides is 2. The van der Waals surface area contributed by atoms with Gasteiger partial charge in [-0.15, -0.1) is 0 Å². The number of nitrogens with one attached hydrogen (secondary N) is 4. The molecule has 0 atom stereocenters. The van der Waals surface area contributed by atoms with E-state index in [0.29, 0.717) is 23.5 Å². The van der Waals surface area contributed by atoms with E-state index in [0.717, 1.165) is 29.1 Å². The molecule has 2 aromatic heterocycles. The number of rotatable bonds is 9. The lowest BCUT2D eigenvalue weighted by Gasteiger charge is -2.11. The number of aromatic nitrogens is 3. The number of benzene rings is 2. The number of halogens is 1. The predicted octanol–water partition coefficient (Wildman–Crippen LogP) is 4.57. The summed E-state index contributed by atoms with van der Waals surface area (Å²) < 4.78 is 14.4. The van der Waals surface area contributed by atoms with Crippen molar-refractivity contribution in [2.45, 2.75) is 6.42 Å². The molecule has 0 bridgehead atoms. The topological polar surface area (TPSA) is 121 Å². The predicted molar refractivity (Wildman–Crippen MR) is 141 cm³/mol. The van der Waals surface area contributed by atoms with Gasteiger partial charge in [0.25, 0.3) is 5.91 Å². The van der Waals surface area contributed by atoms with Gasteiger partial charge in [0.05, 0.1) is 6.20 Å². The minimum Gasteiger partial charge on any atom is -0.354 e. The van der Waals surface area contributed by atoms with E-state index in [1.54, 1.807) is 43.6 Å². The van der Waals surface area contributed by atoms with E-state index < -0.39 is 5.82 Å². The van der Waals surface area contributed by atoms with Crippen LogP contribution in [0, 0.1) is 5.82 Å². The van der Waals surface area contributed by atoms with Gasteiger partial charge in [-0.25, -0.2) is 9.37 Å². The number of carbonyl (C=O) groups excluding carboxylic acids is 2. The number of nitrogens with zero attached hydrogens (tertiary/aromatic N) is 3. The van der Waals surface area contributed by atoms with Crippen LogP contribution in [0.15, 0.2) is 85.7 Å². The van der Waals surface area contributed by atoms with Gasteiger partial charge in [-0.3, -0.25) is 14.6 Å². The van der Waals surface area contributed by atoms with E-state index in [-0.39, 0.29) is 23.6 Å². The number of hydrogen-bond donors (Lipinski definition) is 4. The molecule has 0 aliphatic rings. The molecule has 9 nitrogen and oxygen atoms in total. The van der Waals surface area contributed by atoms with Crippen LogP contribution in [0.3, 0.4) is 0 Å². The number of carbonyl (C=O) groups is 2. The van der Waals surface area contributed by atoms with Crippen molar-refractivity contribution in [1.29, 1.82) is 0 Å². The molecule has 4 N–H and O–H groups in total. The van der Waals surface area contributed by atoms with Crippen molar-refractivity contribution in [2.75, 3.05) is 23.0 Å². The molecule has 0 unspecified atom stereocenters. The Morgan fingerprint density at radius 2 is 1.73 bits per heavy atom. The Morgan fingerprint density at radius 3 is 2.49 bits per heavy atom. The monoisotopic (exact) mass is 497 g/mol. The maximum absolute atomic E-state index is 14.4. The van der Waals surface area contributed by atoms with Crippen LogP contribution in [0.1, 0.15) is 21.6 Å². The molecule has 4 rings (SSSR count). The van der Waals surface area contributed by atoms with Crippen LogP contribution >= 0.6 is 0 Å². The summed E-state index contributed by atoms with van der Waals surface area (Å²) in [6.45, 7) is 3.42. The van der Waals surface area contributed by atoms with Gasteiger partial charge in [-0.05, 0) is 66.1 Å². The van der Waals surface area contributed by atoms with Crippen molar-refractivity contribution in [1.82, 2.24) is 20.3 Å². The average Bonchev–Trinajstić information content (AvgIpc) is 2.91. The van der Waals surface area contributed by atoms with E-state index in [1.807, 2.05) is 30.3 Å². The van der Waals surface area contributed by atoms with E-state index in [2.05, 4.69) is 42.8 Å². The molecule has 4 aromatic rings.